The molecule has 1 N–H and O–H groups in total. The standard InChI is InChI=1S/C21H15FN2O4S2/c22-5-6-26-17-3-1-12(7-16(17)25)14-9-29-20(23-14)21-24-15(10-30-21)13-2-4-18-19(8-13)28-11-27-18/h1-4,7-10,25H,5-6,11H2. The van der Waals surface area contributed by atoms with Gasteiger partial charge in [-0.3, -0.25) is 0 Å². The molecule has 9 heteroatoms. The number of benzene rings is 2. The van der Waals surface area contributed by atoms with E-state index < -0.39 is 6.67 Å². The molecule has 0 amide bonds. The van der Waals surface area contributed by atoms with Crippen molar-refractivity contribution in [1.82, 2.24) is 9.97 Å². The molecule has 0 spiro atoms. The molecule has 1 aliphatic heterocycles. The van der Waals surface area contributed by atoms with Gasteiger partial charge < -0.3 is 19.3 Å². The average molecular weight is 442 g/mol. The number of halogens is 1. The summed E-state index contributed by atoms with van der Waals surface area (Å²) in [6.07, 6.45) is 0. The molecule has 5 rings (SSSR count). The SMILES string of the molecule is Oc1cc(-c2csc(-c3nc(-c4ccc5c(c4)OCO5)cs3)n2)ccc1OCCF. The first-order chi connectivity index (χ1) is 14.7. The van der Waals surface area contributed by atoms with E-state index in [0.29, 0.717) is 0 Å². The highest BCUT2D eigenvalue weighted by Gasteiger charge is 2.17. The minimum Gasteiger partial charge on any atom is -0.504 e. The number of alkyl halides is 1. The fourth-order valence-electron chi connectivity index (χ4n) is 3.01. The molecular formula is C21H15FN2O4S2. The molecule has 0 saturated carbocycles. The Balaban J connectivity index is 1.38. The first-order valence-corrected chi connectivity index (χ1v) is 10.8. The number of aromatic nitrogens is 2. The number of nitrogens with zero attached hydrogens (tertiary/aromatic N) is 2. The average Bonchev–Trinajstić information content (AvgIpc) is 3.52. The van der Waals surface area contributed by atoms with Gasteiger partial charge >= 0.3 is 0 Å². The zero-order valence-electron chi connectivity index (χ0n) is 15.5. The second-order valence-electron chi connectivity index (χ2n) is 6.36. The van der Waals surface area contributed by atoms with E-state index in [1.54, 1.807) is 18.2 Å². The van der Waals surface area contributed by atoms with Crippen molar-refractivity contribution in [2.24, 2.45) is 0 Å². The molecule has 6 nitrogen and oxygen atoms in total. The van der Waals surface area contributed by atoms with Crippen LogP contribution in [0.1, 0.15) is 0 Å². The van der Waals surface area contributed by atoms with Gasteiger partial charge in [0.25, 0.3) is 0 Å². The van der Waals surface area contributed by atoms with Crippen molar-refractivity contribution in [2.75, 3.05) is 20.1 Å². The highest BCUT2D eigenvalue weighted by atomic mass is 32.1. The van der Waals surface area contributed by atoms with Gasteiger partial charge in [-0.1, -0.05) is 0 Å². The zero-order valence-corrected chi connectivity index (χ0v) is 17.1. The second kappa shape index (κ2) is 7.92. The Bertz CT molecular complexity index is 1210. The molecule has 2 aromatic carbocycles. The number of fused-ring (bicyclic) bond motifs is 1. The van der Waals surface area contributed by atoms with Crippen LogP contribution in [0.4, 0.5) is 4.39 Å². The van der Waals surface area contributed by atoms with Crippen LogP contribution in [0.5, 0.6) is 23.0 Å². The maximum atomic E-state index is 12.3. The van der Waals surface area contributed by atoms with E-state index in [-0.39, 0.29) is 24.9 Å². The van der Waals surface area contributed by atoms with Crippen LogP contribution in [-0.2, 0) is 0 Å². The van der Waals surface area contributed by atoms with Crippen molar-refractivity contribution in [2.45, 2.75) is 0 Å². The topological polar surface area (TPSA) is 73.7 Å². The normalized spacial score (nSPS) is 12.3. The van der Waals surface area contributed by atoms with Crippen molar-refractivity contribution in [3.63, 3.8) is 0 Å². The number of phenolic OH excluding ortho intramolecular Hbond substituents is 1. The molecule has 3 heterocycles. The van der Waals surface area contributed by atoms with E-state index in [4.69, 9.17) is 19.2 Å². The first-order valence-electron chi connectivity index (χ1n) is 9.05. The molecular weight excluding hydrogens is 427 g/mol. The maximum absolute atomic E-state index is 12.3. The van der Waals surface area contributed by atoms with E-state index in [9.17, 15) is 9.50 Å². The van der Waals surface area contributed by atoms with Crippen LogP contribution in [-0.4, -0.2) is 35.1 Å². The molecule has 4 aromatic rings. The molecule has 0 radical (unpaired) electrons. The molecule has 0 atom stereocenters. The Morgan fingerprint density at radius 1 is 0.933 bits per heavy atom. The van der Waals surface area contributed by atoms with Gasteiger partial charge in [-0.05, 0) is 36.4 Å². The predicted octanol–water partition coefficient (Wildman–Crippen LogP) is 5.38. The summed E-state index contributed by atoms with van der Waals surface area (Å²) in [6, 6.07) is 10.7. The molecule has 0 unspecified atom stereocenters. The molecule has 0 bridgehead atoms. The lowest BCUT2D eigenvalue weighted by molar-refractivity contribution is 0.174. The molecule has 2 aromatic heterocycles. The largest absolute Gasteiger partial charge is 0.504 e. The van der Waals surface area contributed by atoms with Crippen LogP contribution in [0.3, 0.4) is 0 Å². The number of aromatic hydroxyl groups is 1. The Morgan fingerprint density at radius 3 is 2.30 bits per heavy atom. The Labute approximate surface area is 179 Å². The highest BCUT2D eigenvalue weighted by molar-refractivity contribution is 7.20. The van der Waals surface area contributed by atoms with E-state index in [0.717, 1.165) is 44.0 Å². The fourth-order valence-corrected chi connectivity index (χ4v) is 4.72. The number of hydrogen-bond donors (Lipinski definition) is 1. The number of ether oxygens (including phenoxy) is 3. The summed E-state index contributed by atoms with van der Waals surface area (Å²) >= 11 is 2.99. The third-order valence-corrected chi connectivity index (χ3v) is 6.28. The summed E-state index contributed by atoms with van der Waals surface area (Å²) < 4.78 is 28.2. The lowest BCUT2D eigenvalue weighted by Crippen LogP contribution is -1.98. The summed E-state index contributed by atoms with van der Waals surface area (Å²) in [5.74, 6) is 1.66. The Morgan fingerprint density at radius 2 is 1.60 bits per heavy atom. The quantitative estimate of drug-likeness (QED) is 0.432. The van der Waals surface area contributed by atoms with Crippen molar-refractivity contribution in [3.05, 3.63) is 47.2 Å². The van der Waals surface area contributed by atoms with Gasteiger partial charge in [-0.15, -0.1) is 22.7 Å². The number of hydrogen-bond acceptors (Lipinski definition) is 8. The molecule has 30 heavy (non-hydrogen) atoms. The summed E-state index contributed by atoms with van der Waals surface area (Å²) in [5, 5.41) is 15.6. The van der Waals surface area contributed by atoms with Crippen LogP contribution in [0.25, 0.3) is 32.5 Å². The van der Waals surface area contributed by atoms with E-state index in [1.165, 1.54) is 22.7 Å². The summed E-state index contributed by atoms with van der Waals surface area (Å²) in [6.45, 7) is -0.469. The first kappa shape index (κ1) is 18.8. The summed E-state index contributed by atoms with van der Waals surface area (Å²) in [7, 11) is 0. The van der Waals surface area contributed by atoms with Gasteiger partial charge in [0.15, 0.2) is 33.0 Å². The van der Waals surface area contributed by atoms with Crippen LogP contribution in [0, 0.1) is 0 Å². The Kier molecular flexibility index (Phi) is 4.97. The zero-order chi connectivity index (χ0) is 20.5. The van der Waals surface area contributed by atoms with Crippen molar-refractivity contribution in [1.29, 1.82) is 0 Å². The molecule has 152 valence electrons. The van der Waals surface area contributed by atoms with E-state index in [2.05, 4.69) is 4.98 Å². The molecule has 1 aliphatic rings. The summed E-state index contributed by atoms with van der Waals surface area (Å²) in [5.41, 5.74) is 3.27. The van der Waals surface area contributed by atoms with Gasteiger partial charge in [0.2, 0.25) is 6.79 Å². The van der Waals surface area contributed by atoms with Crippen LogP contribution >= 0.6 is 22.7 Å². The Hall–Kier alpha value is -3.17. The van der Waals surface area contributed by atoms with E-state index in [1.807, 2.05) is 29.0 Å². The van der Waals surface area contributed by atoms with Gasteiger partial charge in [0.05, 0.1) is 11.4 Å². The smallest absolute Gasteiger partial charge is 0.231 e. The van der Waals surface area contributed by atoms with E-state index >= 15 is 0 Å². The van der Waals surface area contributed by atoms with Gasteiger partial charge in [-0.25, -0.2) is 14.4 Å². The third kappa shape index (κ3) is 3.57. The maximum Gasteiger partial charge on any atom is 0.231 e. The number of thiazole rings is 2. The van der Waals surface area contributed by atoms with Gasteiger partial charge in [0.1, 0.15) is 13.3 Å². The molecule has 0 fully saturated rings. The monoisotopic (exact) mass is 442 g/mol. The number of rotatable bonds is 6. The summed E-state index contributed by atoms with van der Waals surface area (Å²) in [4.78, 5) is 9.37. The van der Waals surface area contributed by atoms with Gasteiger partial charge in [-0.2, -0.15) is 0 Å². The molecule has 0 saturated heterocycles. The lowest BCUT2D eigenvalue weighted by Gasteiger charge is -2.07. The van der Waals surface area contributed by atoms with Crippen LogP contribution in [0.2, 0.25) is 0 Å². The third-order valence-electron chi connectivity index (χ3n) is 4.45. The highest BCUT2D eigenvalue weighted by Crippen LogP contribution is 2.39. The van der Waals surface area contributed by atoms with Crippen LogP contribution < -0.4 is 14.2 Å². The minimum absolute atomic E-state index is 0.0464. The fraction of sp³-hybridized carbons (Fsp3) is 0.143. The lowest BCUT2D eigenvalue weighted by atomic mass is 10.1. The van der Waals surface area contributed by atoms with Crippen molar-refractivity contribution in [3.8, 4) is 55.5 Å². The second-order valence-corrected chi connectivity index (χ2v) is 8.08. The predicted molar refractivity (Wildman–Crippen MR) is 113 cm³/mol. The van der Waals surface area contributed by atoms with Crippen LogP contribution in [0.15, 0.2) is 47.2 Å². The number of phenols is 1. The van der Waals surface area contributed by atoms with Crippen molar-refractivity contribution >= 4 is 22.7 Å². The minimum atomic E-state index is -0.612. The van der Waals surface area contributed by atoms with Crippen molar-refractivity contribution < 1.29 is 23.7 Å². The van der Waals surface area contributed by atoms with Gasteiger partial charge in [0, 0.05) is 21.9 Å². The molecule has 0 aliphatic carbocycles.